The van der Waals surface area contributed by atoms with Crippen molar-refractivity contribution in [3.8, 4) is 5.75 Å². The van der Waals surface area contributed by atoms with E-state index in [1.54, 1.807) is 0 Å². The Labute approximate surface area is 105 Å². The highest BCUT2D eigenvalue weighted by atomic mass is 79.9. The number of nitrogens with two attached hydrogens (primary N) is 1. The quantitative estimate of drug-likeness (QED) is 0.496. The van der Waals surface area contributed by atoms with Gasteiger partial charge in [-0.15, -0.1) is 0 Å². The van der Waals surface area contributed by atoms with Crippen molar-refractivity contribution in [3.05, 3.63) is 27.7 Å². The van der Waals surface area contributed by atoms with Gasteiger partial charge in [-0.05, 0) is 43.5 Å². The van der Waals surface area contributed by atoms with Crippen molar-refractivity contribution in [2.45, 2.75) is 26.7 Å². The highest BCUT2D eigenvalue weighted by Crippen LogP contribution is 2.26. The topological polar surface area (TPSA) is 59.1 Å². The number of ether oxygens (including phenoxy) is 1. The van der Waals surface area contributed by atoms with E-state index in [9.17, 15) is 0 Å². The molecule has 4 heteroatoms. The Morgan fingerprint density at radius 2 is 1.94 bits per heavy atom. The maximum atomic E-state index is 7.09. The molecule has 0 radical (unpaired) electrons. The van der Waals surface area contributed by atoms with E-state index in [0.717, 1.165) is 16.6 Å². The van der Waals surface area contributed by atoms with Gasteiger partial charge in [0, 0.05) is 10.9 Å². The summed E-state index contributed by atoms with van der Waals surface area (Å²) in [6.07, 6.45) is 1.37. The number of amidine groups is 1. The molecular weight excluding hydrogens is 268 g/mol. The number of aryl methyl sites for hydroxylation is 2. The fourth-order valence-electron chi connectivity index (χ4n) is 1.44. The molecule has 0 aliphatic carbocycles. The van der Waals surface area contributed by atoms with Crippen LogP contribution in [0.5, 0.6) is 5.75 Å². The Balaban J connectivity index is 2.52. The molecule has 0 aliphatic rings. The maximum absolute atomic E-state index is 7.09. The SMILES string of the molecule is Cc1cc(OCCCC(=N)N)cc(C)c1Br. The molecule has 88 valence electrons. The van der Waals surface area contributed by atoms with E-state index in [1.807, 2.05) is 26.0 Å². The Hall–Kier alpha value is -1.03. The van der Waals surface area contributed by atoms with Gasteiger partial charge in [0.2, 0.25) is 0 Å². The van der Waals surface area contributed by atoms with Gasteiger partial charge in [0.15, 0.2) is 0 Å². The van der Waals surface area contributed by atoms with Crippen molar-refractivity contribution >= 4 is 21.8 Å². The van der Waals surface area contributed by atoms with E-state index in [0.29, 0.717) is 13.0 Å². The molecule has 0 aromatic heterocycles. The van der Waals surface area contributed by atoms with Crippen LogP contribution in [-0.2, 0) is 0 Å². The normalized spacial score (nSPS) is 10.2. The lowest BCUT2D eigenvalue weighted by Gasteiger charge is -2.09. The van der Waals surface area contributed by atoms with Gasteiger partial charge in [-0.1, -0.05) is 15.9 Å². The van der Waals surface area contributed by atoms with E-state index < -0.39 is 0 Å². The van der Waals surface area contributed by atoms with E-state index >= 15 is 0 Å². The Morgan fingerprint density at radius 3 is 2.44 bits per heavy atom. The molecule has 0 heterocycles. The van der Waals surface area contributed by atoms with Crippen LogP contribution < -0.4 is 10.5 Å². The number of hydrogen-bond donors (Lipinski definition) is 2. The van der Waals surface area contributed by atoms with E-state index in [1.165, 1.54) is 11.1 Å². The van der Waals surface area contributed by atoms with Crippen molar-refractivity contribution < 1.29 is 4.74 Å². The van der Waals surface area contributed by atoms with E-state index in [2.05, 4.69) is 15.9 Å². The first-order valence-corrected chi connectivity index (χ1v) is 6.02. The lowest BCUT2D eigenvalue weighted by molar-refractivity contribution is 0.313. The molecular formula is C12H17BrN2O. The second-order valence-electron chi connectivity index (χ2n) is 3.85. The summed E-state index contributed by atoms with van der Waals surface area (Å²) < 4.78 is 6.73. The summed E-state index contributed by atoms with van der Waals surface area (Å²) in [5.74, 6) is 1.09. The van der Waals surface area contributed by atoms with Gasteiger partial charge >= 0.3 is 0 Å². The number of benzene rings is 1. The molecule has 0 saturated heterocycles. The average Bonchev–Trinajstić information content (AvgIpc) is 2.20. The number of nitrogens with one attached hydrogen (secondary N) is 1. The first kappa shape index (κ1) is 13.0. The smallest absolute Gasteiger partial charge is 0.119 e. The second-order valence-corrected chi connectivity index (χ2v) is 4.64. The van der Waals surface area contributed by atoms with E-state index in [-0.39, 0.29) is 5.84 Å². The minimum atomic E-state index is 0.215. The van der Waals surface area contributed by atoms with Gasteiger partial charge in [-0.25, -0.2) is 0 Å². The van der Waals surface area contributed by atoms with Crippen LogP contribution in [0.2, 0.25) is 0 Å². The molecule has 1 aromatic rings. The Kier molecular flexibility index (Phi) is 4.80. The Bertz CT molecular complexity index is 368. The summed E-state index contributed by atoms with van der Waals surface area (Å²) in [5, 5.41) is 7.09. The molecule has 0 saturated carbocycles. The van der Waals surface area contributed by atoms with Crippen LogP contribution in [0.3, 0.4) is 0 Å². The second kappa shape index (κ2) is 5.89. The minimum Gasteiger partial charge on any atom is -0.494 e. The van der Waals surface area contributed by atoms with Crippen LogP contribution in [0.25, 0.3) is 0 Å². The van der Waals surface area contributed by atoms with Gasteiger partial charge < -0.3 is 10.5 Å². The van der Waals surface area contributed by atoms with Gasteiger partial charge in [-0.3, -0.25) is 5.41 Å². The fourth-order valence-corrected chi connectivity index (χ4v) is 1.67. The first-order chi connectivity index (χ1) is 7.50. The molecule has 0 fully saturated rings. The van der Waals surface area contributed by atoms with Crippen molar-refractivity contribution in [1.29, 1.82) is 5.41 Å². The van der Waals surface area contributed by atoms with Gasteiger partial charge in [0.05, 0.1) is 12.4 Å². The molecule has 0 amide bonds. The van der Waals surface area contributed by atoms with E-state index in [4.69, 9.17) is 15.9 Å². The number of rotatable bonds is 5. The number of halogens is 1. The monoisotopic (exact) mass is 284 g/mol. The molecule has 1 rings (SSSR count). The molecule has 0 atom stereocenters. The third kappa shape index (κ3) is 3.85. The predicted molar refractivity (Wildman–Crippen MR) is 70.3 cm³/mol. The van der Waals surface area contributed by atoms with Crippen molar-refractivity contribution in [3.63, 3.8) is 0 Å². The van der Waals surface area contributed by atoms with Crippen LogP contribution >= 0.6 is 15.9 Å². The molecule has 16 heavy (non-hydrogen) atoms. The van der Waals surface area contributed by atoms with Crippen molar-refractivity contribution in [2.24, 2.45) is 5.73 Å². The van der Waals surface area contributed by atoms with Crippen LogP contribution in [-0.4, -0.2) is 12.4 Å². The maximum Gasteiger partial charge on any atom is 0.119 e. The summed E-state index contributed by atoms with van der Waals surface area (Å²) in [6.45, 7) is 4.68. The molecule has 3 nitrogen and oxygen atoms in total. The minimum absolute atomic E-state index is 0.215. The summed E-state index contributed by atoms with van der Waals surface area (Å²) in [6, 6.07) is 4.01. The largest absolute Gasteiger partial charge is 0.494 e. The standard InChI is InChI=1S/C12H17BrN2O/c1-8-6-10(7-9(2)12(8)13)16-5-3-4-11(14)15/h6-7H,3-5H2,1-2H3,(H3,14,15). The first-order valence-electron chi connectivity index (χ1n) is 5.23. The average molecular weight is 285 g/mol. The zero-order chi connectivity index (χ0) is 12.1. The molecule has 1 aromatic carbocycles. The molecule has 3 N–H and O–H groups in total. The van der Waals surface area contributed by atoms with Crippen LogP contribution in [0.15, 0.2) is 16.6 Å². The van der Waals surface area contributed by atoms with Crippen LogP contribution in [0, 0.1) is 19.3 Å². The summed E-state index contributed by atoms with van der Waals surface area (Å²) in [7, 11) is 0. The van der Waals surface area contributed by atoms with Crippen LogP contribution in [0.1, 0.15) is 24.0 Å². The summed E-state index contributed by atoms with van der Waals surface area (Å²) in [5.41, 5.74) is 7.60. The zero-order valence-electron chi connectivity index (χ0n) is 9.64. The summed E-state index contributed by atoms with van der Waals surface area (Å²) in [4.78, 5) is 0. The lowest BCUT2D eigenvalue weighted by Crippen LogP contribution is -2.11. The Morgan fingerprint density at radius 1 is 1.38 bits per heavy atom. The molecule has 0 unspecified atom stereocenters. The predicted octanol–water partition coefficient (Wildman–Crippen LogP) is 3.16. The highest BCUT2D eigenvalue weighted by molar-refractivity contribution is 9.10. The van der Waals surface area contributed by atoms with Gasteiger partial charge in [-0.2, -0.15) is 0 Å². The van der Waals surface area contributed by atoms with Crippen molar-refractivity contribution in [2.75, 3.05) is 6.61 Å². The van der Waals surface area contributed by atoms with Crippen molar-refractivity contribution in [1.82, 2.24) is 0 Å². The third-order valence-electron chi connectivity index (χ3n) is 2.27. The highest BCUT2D eigenvalue weighted by Gasteiger charge is 2.03. The van der Waals surface area contributed by atoms with Crippen LogP contribution in [0.4, 0.5) is 0 Å². The fraction of sp³-hybridized carbons (Fsp3) is 0.417. The van der Waals surface area contributed by atoms with Gasteiger partial charge in [0.1, 0.15) is 5.75 Å². The third-order valence-corrected chi connectivity index (χ3v) is 3.52. The number of hydrogen-bond acceptors (Lipinski definition) is 2. The zero-order valence-corrected chi connectivity index (χ0v) is 11.2. The molecule has 0 aliphatic heterocycles. The molecule has 0 spiro atoms. The summed E-state index contributed by atoms with van der Waals surface area (Å²) >= 11 is 3.51. The van der Waals surface area contributed by atoms with Gasteiger partial charge in [0.25, 0.3) is 0 Å². The molecule has 0 bridgehead atoms. The lowest BCUT2D eigenvalue weighted by atomic mass is 10.1.